The van der Waals surface area contributed by atoms with Gasteiger partial charge in [0.25, 0.3) is 5.91 Å². The normalized spacial score (nSPS) is 13.1. The molecule has 8 heteroatoms. The van der Waals surface area contributed by atoms with E-state index in [1.165, 1.54) is 7.11 Å². The number of benzene rings is 2. The number of Topliss-reactive ketones (excluding diaryl/α,β-unsaturated/α-hetero) is 1. The molecule has 2 aromatic carbocycles. The summed E-state index contributed by atoms with van der Waals surface area (Å²) in [5.41, 5.74) is 1.46. The van der Waals surface area contributed by atoms with Gasteiger partial charge in [-0.05, 0) is 48.9 Å². The Morgan fingerprint density at radius 3 is 2.50 bits per heavy atom. The van der Waals surface area contributed by atoms with E-state index in [1.807, 2.05) is 0 Å². The number of esters is 1. The first-order valence-electron chi connectivity index (χ1n) is 9.49. The van der Waals surface area contributed by atoms with E-state index in [2.05, 4.69) is 5.32 Å². The number of rotatable bonds is 8. The van der Waals surface area contributed by atoms with Crippen molar-refractivity contribution in [1.82, 2.24) is 5.32 Å². The molecule has 1 aliphatic rings. The number of methoxy groups -OCH3 is 1. The van der Waals surface area contributed by atoms with Crippen LogP contribution in [0.5, 0.6) is 5.75 Å². The third-order valence-corrected chi connectivity index (χ3v) is 4.66. The molecule has 1 N–H and O–H groups in total. The molecule has 0 bridgehead atoms. The fourth-order valence-corrected chi connectivity index (χ4v) is 3.05. The summed E-state index contributed by atoms with van der Waals surface area (Å²) in [4.78, 5) is 49.6. The van der Waals surface area contributed by atoms with Crippen molar-refractivity contribution in [2.45, 2.75) is 12.8 Å². The largest absolute Gasteiger partial charge is 0.497 e. The average Bonchev–Trinajstić information content (AvgIpc) is 3.21. The molecule has 0 atom stereocenters. The first-order chi connectivity index (χ1) is 14.5. The second-order valence-electron chi connectivity index (χ2n) is 6.69. The molecule has 1 heterocycles. The maximum Gasteiger partial charge on any atom is 0.325 e. The van der Waals surface area contributed by atoms with E-state index in [0.717, 1.165) is 12.1 Å². The smallest absolute Gasteiger partial charge is 0.325 e. The van der Waals surface area contributed by atoms with E-state index in [9.17, 15) is 19.2 Å². The summed E-state index contributed by atoms with van der Waals surface area (Å²) in [5.74, 6) is -0.959. The van der Waals surface area contributed by atoms with E-state index in [-0.39, 0.29) is 18.2 Å². The zero-order chi connectivity index (χ0) is 21.5. The minimum Gasteiger partial charge on any atom is -0.497 e. The highest BCUT2D eigenvalue weighted by molar-refractivity contribution is 6.00. The highest BCUT2D eigenvalue weighted by Crippen LogP contribution is 2.21. The lowest BCUT2D eigenvalue weighted by molar-refractivity contribution is -0.141. The first kappa shape index (κ1) is 21.0. The first-order valence-corrected chi connectivity index (χ1v) is 9.49. The van der Waals surface area contributed by atoms with Gasteiger partial charge in [-0.25, -0.2) is 0 Å². The standard InChI is InChI=1S/C22H22N2O6/c1-29-18-5-2-4-16(12-18)22(28)23-13-21(27)30-14-19(25)15-7-9-17(10-8-15)24-11-3-6-20(24)26/h2,4-5,7-10,12H,3,6,11,13-14H2,1H3,(H,23,28). The van der Waals surface area contributed by atoms with Crippen LogP contribution in [0.25, 0.3) is 0 Å². The molecular formula is C22H22N2O6. The molecule has 0 saturated carbocycles. The zero-order valence-electron chi connectivity index (χ0n) is 16.6. The van der Waals surface area contributed by atoms with Crippen molar-refractivity contribution < 1.29 is 28.7 Å². The number of anilines is 1. The van der Waals surface area contributed by atoms with Crippen LogP contribution >= 0.6 is 0 Å². The third kappa shape index (κ3) is 5.22. The predicted molar refractivity (Wildman–Crippen MR) is 109 cm³/mol. The summed E-state index contributed by atoms with van der Waals surface area (Å²) in [5, 5.41) is 2.44. The number of nitrogens with zero attached hydrogens (tertiary/aromatic N) is 1. The number of ether oxygens (including phenoxy) is 2. The Balaban J connectivity index is 1.45. The van der Waals surface area contributed by atoms with Crippen molar-refractivity contribution in [3.8, 4) is 5.75 Å². The Bertz CT molecular complexity index is 954. The summed E-state index contributed by atoms with van der Waals surface area (Å²) in [7, 11) is 1.49. The topological polar surface area (TPSA) is 102 Å². The van der Waals surface area contributed by atoms with Gasteiger partial charge in [0.05, 0.1) is 7.11 Å². The minimum absolute atomic E-state index is 0.0685. The third-order valence-electron chi connectivity index (χ3n) is 4.66. The lowest BCUT2D eigenvalue weighted by Gasteiger charge is -2.15. The molecule has 1 aliphatic heterocycles. The Morgan fingerprint density at radius 1 is 1.07 bits per heavy atom. The number of hydrogen-bond donors (Lipinski definition) is 1. The van der Waals surface area contributed by atoms with E-state index in [1.54, 1.807) is 53.4 Å². The Labute approximate surface area is 173 Å². The summed E-state index contributed by atoms with van der Waals surface area (Å²) in [6.07, 6.45) is 1.36. The van der Waals surface area contributed by atoms with Gasteiger partial charge in [-0.3, -0.25) is 19.2 Å². The number of hydrogen-bond acceptors (Lipinski definition) is 6. The van der Waals surface area contributed by atoms with Gasteiger partial charge in [0, 0.05) is 29.8 Å². The van der Waals surface area contributed by atoms with Crippen molar-refractivity contribution in [3.63, 3.8) is 0 Å². The van der Waals surface area contributed by atoms with Crippen LogP contribution in [0.1, 0.15) is 33.6 Å². The lowest BCUT2D eigenvalue weighted by atomic mass is 10.1. The van der Waals surface area contributed by atoms with Crippen molar-refractivity contribution in [3.05, 3.63) is 59.7 Å². The Hall–Kier alpha value is -3.68. The maximum absolute atomic E-state index is 12.2. The number of carbonyl (C=O) groups is 4. The second-order valence-corrected chi connectivity index (χ2v) is 6.69. The molecule has 0 aromatic heterocycles. The van der Waals surface area contributed by atoms with Crippen LogP contribution in [0.3, 0.4) is 0 Å². The van der Waals surface area contributed by atoms with Gasteiger partial charge in [-0.2, -0.15) is 0 Å². The molecule has 156 valence electrons. The van der Waals surface area contributed by atoms with Crippen LogP contribution in [0.2, 0.25) is 0 Å². The molecule has 2 aromatic rings. The van der Waals surface area contributed by atoms with E-state index in [0.29, 0.717) is 29.8 Å². The molecule has 1 fully saturated rings. The van der Waals surface area contributed by atoms with Gasteiger partial charge in [0.1, 0.15) is 12.3 Å². The van der Waals surface area contributed by atoms with Crippen molar-refractivity contribution in [2.75, 3.05) is 31.7 Å². The lowest BCUT2D eigenvalue weighted by Crippen LogP contribution is -2.31. The molecule has 0 aliphatic carbocycles. The second kappa shape index (κ2) is 9.69. The molecule has 0 unspecified atom stereocenters. The molecule has 3 rings (SSSR count). The Morgan fingerprint density at radius 2 is 1.83 bits per heavy atom. The fourth-order valence-electron chi connectivity index (χ4n) is 3.05. The molecule has 0 radical (unpaired) electrons. The zero-order valence-corrected chi connectivity index (χ0v) is 16.6. The molecule has 0 spiro atoms. The summed E-state index contributed by atoms with van der Waals surface area (Å²) in [6, 6.07) is 13.1. The Kier molecular flexibility index (Phi) is 6.79. The van der Waals surface area contributed by atoms with E-state index in [4.69, 9.17) is 9.47 Å². The van der Waals surface area contributed by atoms with Crippen LogP contribution in [0, 0.1) is 0 Å². The fraction of sp³-hybridized carbons (Fsp3) is 0.273. The van der Waals surface area contributed by atoms with E-state index >= 15 is 0 Å². The van der Waals surface area contributed by atoms with Crippen LogP contribution in [0.15, 0.2) is 48.5 Å². The molecular weight excluding hydrogens is 388 g/mol. The predicted octanol–water partition coefficient (Wildman–Crippen LogP) is 1.98. The van der Waals surface area contributed by atoms with Crippen LogP contribution in [-0.4, -0.2) is 50.4 Å². The SMILES string of the molecule is COc1cccc(C(=O)NCC(=O)OCC(=O)c2ccc(N3CCCC3=O)cc2)c1. The van der Waals surface area contributed by atoms with E-state index < -0.39 is 18.5 Å². The van der Waals surface area contributed by atoms with Gasteiger partial charge in [0.15, 0.2) is 12.4 Å². The van der Waals surface area contributed by atoms with Gasteiger partial charge < -0.3 is 19.7 Å². The minimum atomic E-state index is -0.723. The summed E-state index contributed by atoms with van der Waals surface area (Å²) < 4.78 is 9.99. The molecule has 1 saturated heterocycles. The quantitative estimate of drug-likeness (QED) is 0.527. The van der Waals surface area contributed by atoms with Crippen molar-refractivity contribution >= 4 is 29.3 Å². The molecule has 8 nitrogen and oxygen atoms in total. The maximum atomic E-state index is 12.2. The number of ketones is 1. The van der Waals surface area contributed by atoms with Gasteiger partial charge in [-0.1, -0.05) is 6.07 Å². The van der Waals surface area contributed by atoms with Crippen LogP contribution in [0.4, 0.5) is 5.69 Å². The van der Waals surface area contributed by atoms with Crippen molar-refractivity contribution in [2.24, 2.45) is 0 Å². The number of amides is 2. The summed E-state index contributed by atoms with van der Waals surface area (Å²) >= 11 is 0. The monoisotopic (exact) mass is 410 g/mol. The molecule has 30 heavy (non-hydrogen) atoms. The number of nitrogens with one attached hydrogen (secondary N) is 1. The highest BCUT2D eigenvalue weighted by atomic mass is 16.5. The summed E-state index contributed by atoms with van der Waals surface area (Å²) in [6.45, 7) is -0.125. The highest BCUT2D eigenvalue weighted by Gasteiger charge is 2.21. The van der Waals surface area contributed by atoms with Gasteiger partial charge >= 0.3 is 5.97 Å². The average molecular weight is 410 g/mol. The van der Waals surface area contributed by atoms with Crippen LogP contribution in [-0.2, 0) is 14.3 Å². The van der Waals surface area contributed by atoms with Crippen molar-refractivity contribution in [1.29, 1.82) is 0 Å². The molecule has 2 amide bonds. The van der Waals surface area contributed by atoms with Crippen LogP contribution < -0.4 is 15.0 Å². The van der Waals surface area contributed by atoms with Gasteiger partial charge in [0.2, 0.25) is 5.91 Å². The number of carbonyl (C=O) groups excluding carboxylic acids is 4. The van der Waals surface area contributed by atoms with Gasteiger partial charge in [-0.15, -0.1) is 0 Å².